The molecule has 0 aromatic carbocycles. The number of fused-ring (bicyclic) bond motifs is 1. The fourth-order valence-corrected chi connectivity index (χ4v) is 4.19. The highest BCUT2D eigenvalue weighted by Gasteiger charge is 2.20. The molecule has 3 heterocycles. The van der Waals surface area contributed by atoms with Crippen molar-refractivity contribution in [3.8, 4) is 0 Å². The van der Waals surface area contributed by atoms with Crippen LogP contribution in [0.5, 0.6) is 0 Å². The molecule has 0 radical (unpaired) electrons. The number of halogens is 1. The largest absolute Gasteiger partial charge is 0.357 e. The molecule has 2 aromatic rings. The van der Waals surface area contributed by atoms with Crippen LogP contribution in [0.1, 0.15) is 32.0 Å². The molecule has 0 spiro atoms. The molecule has 0 unspecified atom stereocenters. The first-order valence-electron chi connectivity index (χ1n) is 10.7. The fraction of sp³-hybridized carbons (Fsp3) is 0.650. The Balaban J connectivity index is 0.00000341. The Morgan fingerprint density at radius 1 is 1.26 bits per heavy atom. The highest BCUT2D eigenvalue weighted by molar-refractivity contribution is 14.0. The number of piperidine rings is 1. The molecule has 31 heavy (non-hydrogen) atoms. The molecular weight excluding hydrogens is 529 g/mol. The summed E-state index contributed by atoms with van der Waals surface area (Å²) in [5.74, 6) is 2.04. The SMILES string of the molecule is CCNC(=NCCCc1nnc2ccccn12)NC1CCN(CCS(C)(=O)=O)CC1.I. The number of likely N-dealkylation sites (tertiary alicyclic amines) is 1. The first-order chi connectivity index (χ1) is 14.4. The minimum atomic E-state index is -2.90. The van der Waals surface area contributed by atoms with E-state index in [4.69, 9.17) is 4.99 Å². The topological polar surface area (TPSA) is 104 Å². The lowest BCUT2D eigenvalue weighted by atomic mass is 10.1. The summed E-state index contributed by atoms with van der Waals surface area (Å²) in [5.41, 5.74) is 0.869. The van der Waals surface area contributed by atoms with E-state index < -0.39 is 9.84 Å². The molecule has 0 bridgehead atoms. The van der Waals surface area contributed by atoms with Gasteiger partial charge in [0.2, 0.25) is 0 Å². The van der Waals surface area contributed by atoms with Crippen molar-refractivity contribution in [2.45, 2.75) is 38.6 Å². The van der Waals surface area contributed by atoms with Gasteiger partial charge in [-0.15, -0.1) is 34.2 Å². The smallest absolute Gasteiger partial charge is 0.191 e. The van der Waals surface area contributed by atoms with Crippen LogP contribution < -0.4 is 10.6 Å². The van der Waals surface area contributed by atoms with Gasteiger partial charge in [-0.3, -0.25) is 9.39 Å². The van der Waals surface area contributed by atoms with Gasteiger partial charge < -0.3 is 15.5 Å². The second-order valence-electron chi connectivity index (χ2n) is 7.80. The highest BCUT2D eigenvalue weighted by Crippen LogP contribution is 2.10. The van der Waals surface area contributed by atoms with E-state index in [2.05, 4.69) is 32.7 Å². The molecule has 11 heteroatoms. The lowest BCUT2D eigenvalue weighted by molar-refractivity contribution is 0.216. The molecule has 1 saturated heterocycles. The Bertz CT molecular complexity index is 940. The van der Waals surface area contributed by atoms with E-state index in [1.165, 1.54) is 6.26 Å². The highest BCUT2D eigenvalue weighted by atomic mass is 127. The van der Waals surface area contributed by atoms with Gasteiger partial charge >= 0.3 is 0 Å². The zero-order valence-corrected chi connectivity index (χ0v) is 21.5. The predicted molar refractivity (Wildman–Crippen MR) is 135 cm³/mol. The maximum atomic E-state index is 11.3. The number of pyridine rings is 1. The van der Waals surface area contributed by atoms with Crippen molar-refractivity contribution in [2.24, 2.45) is 4.99 Å². The van der Waals surface area contributed by atoms with Crippen LogP contribution >= 0.6 is 24.0 Å². The molecule has 2 N–H and O–H groups in total. The average Bonchev–Trinajstić information content (AvgIpc) is 3.13. The summed E-state index contributed by atoms with van der Waals surface area (Å²) in [6.45, 7) is 6.03. The summed E-state index contributed by atoms with van der Waals surface area (Å²) < 4.78 is 24.7. The van der Waals surface area contributed by atoms with Crippen LogP contribution in [0.25, 0.3) is 5.65 Å². The molecule has 0 aliphatic carbocycles. The van der Waals surface area contributed by atoms with Crippen molar-refractivity contribution in [3.63, 3.8) is 0 Å². The Morgan fingerprint density at radius 2 is 2.03 bits per heavy atom. The normalized spacial score (nSPS) is 16.3. The molecular formula is C20H34IN7O2S. The Labute approximate surface area is 202 Å². The van der Waals surface area contributed by atoms with Crippen LogP contribution in [0.2, 0.25) is 0 Å². The van der Waals surface area contributed by atoms with Gasteiger partial charge in [-0.2, -0.15) is 0 Å². The van der Waals surface area contributed by atoms with Gasteiger partial charge in [-0.25, -0.2) is 8.42 Å². The van der Waals surface area contributed by atoms with Gasteiger partial charge in [-0.05, 0) is 38.3 Å². The molecule has 2 aromatic heterocycles. The van der Waals surface area contributed by atoms with E-state index in [0.717, 1.165) is 62.7 Å². The number of rotatable bonds is 9. The minimum Gasteiger partial charge on any atom is -0.357 e. The van der Waals surface area contributed by atoms with E-state index >= 15 is 0 Å². The summed E-state index contributed by atoms with van der Waals surface area (Å²) in [4.78, 5) is 6.95. The number of aryl methyl sites for hydroxylation is 1. The molecule has 0 atom stereocenters. The standard InChI is InChI=1S/C20H33N7O2S.HI/c1-3-21-20(23-17-9-13-26(14-10-17)15-16-30(2,28)29)22-11-6-8-19-25-24-18-7-4-5-12-27(18)19;/h4-5,7,12,17H,3,6,8-11,13-16H2,1-2H3,(H2,21,22,23);1H. The molecule has 3 rings (SSSR count). The molecule has 1 aliphatic rings. The molecule has 1 fully saturated rings. The first kappa shape index (κ1) is 25.8. The van der Waals surface area contributed by atoms with Crippen LogP contribution in [0.3, 0.4) is 0 Å². The summed E-state index contributed by atoms with van der Waals surface area (Å²) in [6.07, 6.45) is 6.98. The van der Waals surface area contributed by atoms with Crippen molar-refractivity contribution in [1.29, 1.82) is 0 Å². The van der Waals surface area contributed by atoms with Crippen molar-refractivity contribution in [1.82, 2.24) is 30.1 Å². The van der Waals surface area contributed by atoms with E-state index in [0.29, 0.717) is 19.1 Å². The summed E-state index contributed by atoms with van der Waals surface area (Å²) in [7, 11) is -2.90. The third kappa shape index (κ3) is 8.53. The average molecular weight is 564 g/mol. The number of nitrogens with one attached hydrogen (secondary N) is 2. The van der Waals surface area contributed by atoms with Crippen molar-refractivity contribution in [2.75, 3.05) is 44.7 Å². The number of hydrogen-bond acceptors (Lipinski definition) is 6. The lowest BCUT2D eigenvalue weighted by Crippen LogP contribution is -2.49. The van der Waals surface area contributed by atoms with Crippen molar-refractivity contribution in [3.05, 3.63) is 30.2 Å². The zero-order chi connectivity index (χ0) is 21.4. The van der Waals surface area contributed by atoms with Gasteiger partial charge in [0.15, 0.2) is 11.6 Å². The Hall–Kier alpha value is -1.47. The molecule has 0 saturated carbocycles. The maximum absolute atomic E-state index is 11.3. The second kappa shape index (κ2) is 12.5. The molecule has 9 nitrogen and oxygen atoms in total. The number of guanidine groups is 1. The monoisotopic (exact) mass is 563 g/mol. The first-order valence-corrected chi connectivity index (χ1v) is 12.7. The number of nitrogens with zero attached hydrogens (tertiary/aromatic N) is 5. The summed E-state index contributed by atoms with van der Waals surface area (Å²) >= 11 is 0. The third-order valence-electron chi connectivity index (χ3n) is 5.26. The minimum absolute atomic E-state index is 0. The van der Waals surface area contributed by atoms with Gasteiger partial charge in [0.05, 0.1) is 5.75 Å². The number of hydrogen-bond donors (Lipinski definition) is 2. The van der Waals surface area contributed by atoms with E-state index in [9.17, 15) is 8.42 Å². The number of sulfone groups is 1. The van der Waals surface area contributed by atoms with Crippen LogP contribution in [-0.4, -0.2) is 84.6 Å². The van der Waals surface area contributed by atoms with E-state index in [-0.39, 0.29) is 29.7 Å². The molecule has 174 valence electrons. The van der Waals surface area contributed by atoms with E-state index in [1.54, 1.807) is 0 Å². The zero-order valence-electron chi connectivity index (χ0n) is 18.3. The molecule has 0 amide bonds. The van der Waals surface area contributed by atoms with Gasteiger partial charge in [0, 0.05) is 57.6 Å². The van der Waals surface area contributed by atoms with Crippen LogP contribution in [-0.2, 0) is 16.3 Å². The maximum Gasteiger partial charge on any atom is 0.191 e. The number of aromatic nitrogens is 3. The van der Waals surface area contributed by atoms with Crippen LogP contribution in [0, 0.1) is 0 Å². The predicted octanol–water partition coefficient (Wildman–Crippen LogP) is 1.34. The summed E-state index contributed by atoms with van der Waals surface area (Å²) in [6, 6.07) is 6.26. The molecule has 1 aliphatic heterocycles. The van der Waals surface area contributed by atoms with Gasteiger partial charge in [-0.1, -0.05) is 6.07 Å². The van der Waals surface area contributed by atoms with Gasteiger partial charge in [0.1, 0.15) is 15.7 Å². The lowest BCUT2D eigenvalue weighted by Gasteiger charge is -2.32. The number of aliphatic imine (C=N–C) groups is 1. The second-order valence-corrected chi connectivity index (χ2v) is 10.1. The van der Waals surface area contributed by atoms with E-state index in [1.807, 2.05) is 28.8 Å². The third-order valence-corrected chi connectivity index (χ3v) is 6.19. The van der Waals surface area contributed by atoms with Crippen molar-refractivity contribution < 1.29 is 8.42 Å². The fourth-order valence-electron chi connectivity index (χ4n) is 3.60. The van der Waals surface area contributed by atoms with Gasteiger partial charge in [0.25, 0.3) is 0 Å². The Kier molecular flexibility index (Phi) is 10.4. The summed E-state index contributed by atoms with van der Waals surface area (Å²) in [5, 5.41) is 15.3. The van der Waals surface area contributed by atoms with Crippen molar-refractivity contribution >= 4 is 45.4 Å². The quantitative estimate of drug-likeness (QED) is 0.206. The van der Waals surface area contributed by atoms with Crippen LogP contribution in [0.15, 0.2) is 29.4 Å². The van der Waals surface area contributed by atoms with Crippen LogP contribution in [0.4, 0.5) is 0 Å². The Morgan fingerprint density at radius 3 is 2.74 bits per heavy atom.